The maximum atomic E-state index is 5.77. The molecule has 4 heteroatoms. The first-order valence-corrected chi connectivity index (χ1v) is 5.65. The van der Waals surface area contributed by atoms with Crippen LogP contribution >= 0.6 is 22.9 Å². The number of hydrogen-bond acceptors (Lipinski definition) is 3. The summed E-state index contributed by atoms with van der Waals surface area (Å²) in [5.74, 6) is 0.706. The Morgan fingerprint density at radius 1 is 1.54 bits per heavy atom. The molecule has 0 aliphatic carbocycles. The van der Waals surface area contributed by atoms with Crippen LogP contribution < -0.4 is 5.32 Å². The second kappa shape index (κ2) is 4.82. The fourth-order valence-corrected chi connectivity index (χ4v) is 2.22. The van der Waals surface area contributed by atoms with E-state index in [-0.39, 0.29) is 0 Å². The summed E-state index contributed by atoms with van der Waals surface area (Å²) in [5, 5.41) is 4.23. The normalized spacial score (nSPS) is 13.3. The standard InChI is InChI=1S/C9H15ClN2S/c1-6(2)4-7(3)12-9-11-5-8(10)13-9/h5-7H,4H2,1-3H3,(H,11,12). The zero-order valence-corrected chi connectivity index (χ0v) is 9.75. The summed E-state index contributed by atoms with van der Waals surface area (Å²) in [7, 11) is 0. The lowest BCUT2D eigenvalue weighted by Crippen LogP contribution is -2.17. The molecule has 0 aliphatic heterocycles. The van der Waals surface area contributed by atoms with Gasteiger partial charge in [-0.1, -0.05) is 36.8 Å². The van der Waals surface area contributed by atoms with Crippen LogP contribution in [0.1, 0.15) is 27.2 Å². The summed E-state index contributed by atoms with van der Waals surface area (Å²) in [6.45, 7) is 6.59. The molecule has 1 unspecified atom stereocenters. The molecule has 74 valence electrons. The number of anilines is 1. The Kier molecular flexibility index (Phi) is 4.00. The Balaban J connectivity index is 2.40. The van der Waals surface area contributed by atoms with Crippen molar-refractivity contribution in [2.75, 3.05) is 5.32 Å². The molecule has 0 bridgehead atoms. The fraction of sp³-hybridized carbons (Fsp3) is 0.667. The molecule has 0 radical (unpaired) electrons. The van der Waals surface area contributed by atoms with E-state index in [1.54, 1.807) is 6.20 Å². The van der Waals surface area contributed by atoms with E-state index in [4.69, 9.17) is 11.6 Å². The third-order valence-electron chi connectivity index (χ3n) is 1.67. The fourth-order valence-electron chi connectivity index (χ4n) is 1.30. The van der Waals surface area contributed by atoms with Gasteiger partial charge in [-0.25, -0.2) is 4.98 Å². The minimum Gasteiger partial charge on any atom is -0.359 e. The molecule has 0 saturated heterocycles. The van der Waals surface area contributed by atoms with Crippen LogP contribution in [0.2, 0.25) is 4.34 Å². The molecular formula is C9H15ClN2S. The Morgan fingerprint density at radius 3 is 2.69 bits per heavy atom. The van der Waals surface area contributed by atoms with Crippen LogP contribution in [0, 0.1) is 5.92 Å². The van der Waals surface area contributed by atoms with Gasteiger partial charge in [0.05, 0.1) is 6.20 Å². The summed E-state index contributed by atoms with van der Waals surface area (Å²) in [4.78, 5) is 4.14. The Hall–Kier alpha value is -0.280. The molecule has 2 nitrogen and oxygen atoms in total. The lowest BCUT2D eigenvalue weighted by atomic mass is 10.1. The molecule has 0 spiro atoms. The van der Waals surface area contributed by atoms with Crippen LogP contribution in [0.5, 0.6) is 0 Å². The van der Waals surface area contributed by atoms with Crippen molar-refractivity contribution in [3.63, 3.8) is 0 Å². The van der Waals surface area contributed by atoms with Crippen LogP contribution in [-0.4, -0.2) is 11.0 Å². The number of nitrogens with one attached hydrogen (secondary N) is 1. The number of hydrogen-bond donors (Lipinski definition) is 1. The highest BCUT2D eigenvalue weighted by Crippen LogP contribution is 2.23. The van der Waals surface area contributed by atoms with Crippen LogP contribution in [-0.2, 0) is 0 Å². The van der Waals surface area contributed by atoms with Gasteiger partial charge in [0.2, 0.25) is 0 Å². The summed E-state index contributed by atoms with van der Waals surface area (Å²) in [6, 6.07) is 0.460. The maximum Gasteiger partial charge on any atom is 0.184 e. The van der Waals surface area contributed by atoms with E-state index in [1.165, 1.54) is 11.3 Å². The molecule has 0 fully saturated rings. The largest absolute Gasteiger partial charge is 0.359 e. The van der Waals surface area contributed by atoms with Gasteiger partial charge in [0, 0.05) is 6.04 Å². The van der Waals surface area contributed by atoms with E-state index >= 15 is 0 Å². The molecule has 13 heavy (non-hydrogen) atoms. The molecule has 1 atom stereocenters. The van der Waals surface area contributed by atoms with Crippen molar-refractivity contribution in [2.24, 2.45) is 5.92 Å². The van der Waals surface area contributed by atoms with Gasteiger partial charge in [-0.15, -0.1) is 0 Å². The lowest BCUT2D eigenvalue weighted by Gasteiger charge is -2.14. The van der Waals surface area contributed by atoms with Gasteiger partial charge in [-0.3, -0.25) is 0 Å². The molecule has 0 aromatic carbocycles. The molecule has 1 N–H and O–H groups in total. The highest BCUT2D eigenvalue weighted by Gasteiger charge is 2.06. The van der Waals surface area contributed by atoms with Gasteiger partial charge in [-0.05, 0) is 19.3 Å². The first-order chi connectivity index (χ1) is 6.08. The topological polar surface area (TPSA) is 24.9 Å². The number of thiazole rings is 1. The Morgan fingerprint density at radius 2 is 2.23 bits per heavy atom. The van der Waals surface area contributed by atoms with Crippen LogP contribution in [0.15, 0.2) is 6.20 Å². The first kappa shape index (κ1) is 10.8. The van der Waals surface area contributed by atoms with Crippen molar-refractivity contribution in [2.45, 2.75) is 33.2 Å². The third-order valence-corrected chi connectivity index (χ3v) is 2.72. The summed E-state index contributed by atoms with van der Waals surface area (Å²) < 4.78 is 0.735. The van der Waals surface area contributed by atoms with E-state index in [0.717, 1.165) is 15.9 Å². The average molecular weight is 219 g/mol. The minimum atomic E-state index is 0.460. The molecule has 0 saturated carbocycles. The predicted molar refractivity (Wildman–Crippen MR) is 59.7 cm³/mol. The van der Waals surface area contributed by atoms with Crippen LogP contribution in [0.25, 0.3) is 0 Å². The summed E-state index contributed by atoms with van der Waals surface area (Å²) in [6.07, 6.45) is 2.83. The lowest BCUT2D eigenvalue weighted by molar-refractivity contribution is 0.539. The predicted octanol–water partition coefficient (Wildman–Crippen LogP) is 3.64. The molecule has 1 aromatic heterocycles. The van der Waals surface area contributed by atoms with Gasteiger partial charge in [0.15, 0.2) is 5.13 Å². The highest BCUT2D eigenvalue weighted by molar-refractivity contribution is 7.19. The van der Waals surface area contributed by atoms with E-state index in [2.05, 4.69) is 31.1 Å². The minimum absolute atomic E-state index is 0.460. The summed E-state index contributed by atoms with van der Waals surface area (Å²) >= 11 is 7.25. The van der Waals surface area contributed by atoms with E-state index in [1.807, 2.05) is 0 Å². The van der Waals surface area contributed by atoms with Crippen molar-refractivity contribution in [1.82, 2.24) is 4.98 Å². The zero-order chi connectivity index (χ0) is 9.84. The van der Waals surface area contributed by atoms with E-state index in [0.29, 0.717) is 12.0 Å². The Bertz CT molecular complexity index is 260. The average Bonchev–Trinajstić information content (AvgIpc) is 2.33. The van der Waals surface area contributed by atoms with Gasteiger partial charge in [-0.2, -0.15) is 0 Å². The number of nitrogens with zero attached hydrogens (tertiary/aromatic N) is 1. The number of rotatable bonds is 4. The quantitative estimate of drug-likeness (QED) is 0.835. The molecule has 0 amide bonds. The van der Waals surface area contributed by atoms with Crippen molar-refractivity contribution in [3.05, 3.63) is 10.5 Å². The van der Waals surface area contributed by atoms with Crippen molar-refractivity contribution in [3.8, 4) is 0 Å². The number of aromatic nitrogens is 1. The number of halogens is 1. The van der Waals surface area contributed by atoms with Crippen LogP contribution in [0.3, 0.4) is 0 Å². The van der Waals surface area contributed by atoms with Gasteiger partial charge in [0.25, 0.3) is 0 Å². The van der Waals surface area contributed by atoms with Crippen molar-refractivity contribution in [1.29, 1.82) is 0 Å². The molecule has 0 aliphatic rings. The zero-order valence-electron chi connectivity index (χ0n) is 8.17. The molecular weight excluding hydrogens is 204 g/mol. The summed E-state index contributed by atoms with van der Waals surface area (Å²) in [5.41, 5.74) is 0. The molecule has 1 heterocycles. The van der Waals surface area contributed by atoms with Crippen LogP contribution in [0.4, 0.5) is 5.13 Å². The molecule has 1 aromatic rings. The third kappa shape index (κ3) is 3.96. The van der Waals surface area contributed by atoms with E-state index < -0.39 is 0 Å². The second-order valence-corrected chi connectivity index (χ2v) is 5.31. The smallest absolute Gasteiger partial charge is 0.184 e. The molecule has 1 rings (SSSR count). The van der Waals surface area contributed by atoms with Gasteiger partial charge >= 0.3 is 0 Å². The van der Waals surface area contributed by atoms with E-state index in [9.17, 15) is 0 Å². The Labute approximate surface area is 88.3 Å². The van der Waals surface area contributed by atoms with Gasteiger partial charge in [0.1, 0.15) is 4.34 Å². The van der Waals surface area contributed by atoms with Crippen molar-refractivity contribution < 1.29 is 0 Å². The first-order valence-electron chi connectivity index (χ1n) is 4.45. The highest BCUT2D eigenvalue weighted by atomic mass is 35.5. The monoisotopic (exact) mass is 218 g/mol. The maximum absolute atomic E-state index is 5.77. The second-order valence-electron chi connectivity index (χ2n) is 3.64. The SMILES string of the molecule is CC(C)CC(C)Nc1ncc(Cl)s1. The van der Waals surface area contributed by atoms with Gasteiger partial charge < -0.3 is 5.32 Å². The van der Waals surface area contributed by atoms with Crippen molar-refractivity contribution >= 4 is 28.1 Å².